The highest BCUT2D eigenvalue weighted by atomic mass is 16.7. The van der Waals surface area contributed by atoms with Gasteiger partial charge < -0.3 is 9.47 Å². The van der Waals surface area contributed by atoms with Gasteiger partial charge in [-0.25, -0.2) is 4.79 Å². The fourth-order valence-electron chi connectivity index (χ4n) is 1.60. The molecule has 0 radical (unpaired) electrons. The first-order valence-corrected chi connectivity index (χ1v) is 6.10. The van der Waals surface area contributed by atoms with Crippen molar-refractivity contribution in [2.24, 2.45) is 0 Å². The lowest BCUT2D eigenvalue weighted by Crippen LogP contribution is -2.33. The Kier molecular flexibility index (Phi) is 4.95. The number of hydrogen-bond acceptors (Lipinski definition) is 3. The topological polar surface area (TPSA) is 35.5 Å². The summed E-state index contributed by atoms with van der Waals surface area (Å²) < 4.78 is 10.7. The average molecular weight is 248 g/mol. The van der Waals surface area contributed by atoms with E-state index in [0.717, 1.165) is 18.9 Å². The molecular formula is C15H20O3. The second-order valence-electron chi connectivity index (χ2n) is 4.52. The summed E-state index contributed by atoms with van der Waals surface area (Å²) in [4.78, 5) is 11.1. The first-order valence-electron chi connectivity index (χ1n) is 6.10. The zero-order valence-electron chi connectivity index (χ0n) is 11.2. The molecule has 0 amide bonds. The van der Waals surface area contributed by atoms with Crippen molar-refractivity contribution in [1.82, 2.24) is 0 Å². The van der Waals surface area contributed by atoms with E-state index in [0.29, 0.717) is 5.75 Å². The van der Waals surface area contributed by atoms with Crippen molar-refractivity contribution in [2.45, 2.75) is 39.4 Å². The van der Waals surface area contributed by atoms with Gasteiger partial charge >= 0.3 is 5.97 Å². The molecule has 0 atom stereocenters. The van der Waals surface area contributed by atoms with Gasteiger partial charge in [0.15, 0.2) is 0 Å². The van der Waals surface area contributed by atoms with Crippen LogP contribution in [0, 0.1) is 0 Å². The summed E-state index contributed by atoms with van der Waals surface area (Å²) in [5.74, 6) is -0.823. The van der Waals surface area contributed by atoms with Crippen LogP contribution in [0.15, 0.2) is 36.9 Å². The summed E-state index contributed by atoms with van der Waals surface area (Å²) in [6.45, 7) is 8.87. The largest absolute Gasteiger partial charge is 0.453 e. The molecule has 0 aliphatic rings. The number of benzene rings is 1. The maximum atomic E-state index is 11.1. The van der Waals surface area contributed by atoms with Crippen LogP contribution >= 0.6 is 0 Å². The van der Waals surface area contributed by atoms with E-state index in [4.69, 9.17) is 9.47 Å². The van der Waals surface area contributed by atoms with E-state index in [1.807, 2.05) is 24.3 Å². The van der Waals surface area contributed by atoms with Gasteiger partial charge in [-0.1, -0.05) is 32.1 Å². The standard InChI is InChI=1S/C15H20O3/c1-5-7-12-8-10-13(11-9-12)17-15(3,4)18-14(16)6-2/h6,8-11H,2,5,7H2,1,3-4H3. The van der Waals surface area contributed by atoms with E-state index < -0.39 is 11.8 Å². The molecule has 0 saturated heterocycles. The molecule has 1 rings (SSSR count). The third-order valence-electron chi connectivity index (χ3n) is 2.34. The van der Waals surface area contributed by atoms with Crippen LogP contribution in [0.1, 0.15) is 32.8 Å². The molecule has 1 aromatic carbocycles. The smallest absolute Gasteiger partial charge is 0.333 e. The summed E-state index contributed by atoms with van der Waals surface area (Å²) in [5, 5.41) is 0. The molecule has 18 heavy (non-hydrogen) atoms. The predicted octanol–water partition coefficient (Wildman–Crippen LogP) is 3.48. The van der Waals surface area contributed by atoms with Crippen molar-refractivity contribution in [3.8, 4) is 5.75 Å². The average Bonchev–Trinajstić information content (AvgIpc) is 2.31. The number of hydrogen-bond donors (Lipinski definition) is 0. The SMILES string of the molecule is C=CC(=O)OC(C)(C)Oc1ccc(CCC)cc1. The minimum atomic E-state index is -1.00. The van der Waals surface area contributed by atoms with Crippen molar-refractivity contribution < 1.29 is 14.3 Å². The lowest BCUT2D eigenvalue weighted by molar-refractivity contribution is -0.180. The van der Waals surface area contributed by atoms with E-state index in [1.165, 1.54) is 5.56 Å². The summed E-state index contributed by atoms with van der Waals surface area (Å²) >= 11 is 0. The van der Waals surface area contributed by atoms with Crippen LogP contribution in [0.5, 0.6) is 5.75 Å². The molecule has 98 valence electrons. The Morgan fingerprint density at radius 1 is 1.33 bits per heavy atom. The molecular weight excluding hydrogens is 228 g/mol. The molecule has 0 saturated carbocycles. The zero-order chi connectivity index (χ0) is 13.6. The number of carbonyl (C=O) groups excluding carboxylic acids is 1. The van der Waals surface area contributed by atoms with Crippen molar-refractivity contribution >= 4 is 5.97 Å². The quantitative estimate of drug-likeness (QED) is 0.439. The Hall–Kier alpha value is -1.77. The van der Waals surface area contributed by atoms with Crippen LogP contribution in [0.3, 0.4) is 0 Å². The van der Waals surface area contributed by atoms with Gasteiger partial charge in [-0.2, -0.15) is 0 Å². The van der Waals surface area contributed by atoms with Crippen LogP contribution in [0.2, 0.25) is 0 Å². The zero-order valence-corrected chi connectivity index (χ0v) is 11.2. The summed E-state index contributed by atoms with van der Waals surface area (Å²) in [7, 11) is 0. The number of aryl methyl sites for hydroxylation is 1. The minimum absolute atomic E-state index is 0.498. The molecule has 0 fully saturated rings. The predicted molar refractivity (Wildman–Crippen MR) is 71.4 cm³/mol. The van der Waals surface area contributed by atoms with Gasteiger partial charge in [0.25, 0.3) is 0 Å². The fourth-order valence-corrected chi connectivity index (χ4v) is 1.60. The fraction of sp³-hybridized carbons (Fsp3) is 0.400. The Bertz CT molecular complexity index is 404. The van der Waals surface area contributed by atoms with E-state index in [9.17, 15) is 4.79 Å². The number of esters is 1. The van der Waals surface area contributed by atoms with Crippen LogP contribution in [0.25, 0.3) is 0 Å². The van der Waals surface area contributed by atoms with E-state index in [-0.39, 0.29) is 0 Å². The van der Waals surface area contributed by atoms with Crippen molar-refractivity contribution in [3.63, 3.8) is 0 Å². The monoisotopic (exact) mass is 248 g/mol. The van der Waals surface area contributed by atoms with Gasteiger partial charge in [0, 0.05) is 19.9 Å². The molecule has 0 unspecified atom stereocenters. The maximum Gasteiger partial charge on any atom is 0.333 e. The summed E-state index contributed by atoms with van der Waals surface area (Å²) in [6.07, 6.45) is 3.28. The number of carbonyl (C=O) groups is 1. The number of ether oxygens (including phenoxy) is 2. The summed E-state index contributed by atoms with van der Waals surface area (Å²) in [5.41, 5.74) is 1.27. The van der Waals surface area contributed by atoms with Crippen molar-refractivity contribution in [3.05, 3.63) is 42.5 Å². The maximum absolute atomic E-state index is 11.1. The van der Waals surface area contributed by atoms with Crippen LogP contribution in [-0.2, 0) is 16.0 Å². The van der Waals surface area contributed by atoms with Gasteiger partial charge in [0.1, 0.15) is 5.75 Å². The molecule has 0 spiro atoms. The second-order valence-corrected chi connectivity index (χ2v) is 4.52. The van der Waals surface area contributed by atoms with Crippen molar-refractivity contribution in [1.29, 1.82) is 0 Å². The molecule has 0 aliphatic carbocycles. The first kappa shape index (κ1) is 14.3. The lowest BCUT2D eigenvalue weighted by atomic mass is 10.1. The molecule has 0 bridgehead atoms. The second kappa shape index (κ2) is 6.24. The third-order valence-corrected chi connectivity index (χ3v) is 2.34. The lowest BCUT2D eigenvalue weighted by Gasteiger charge is -2.25. The Labute approximate surface area is 108 Å². The van der Waals surface area contributed by atoms with E-state index in [2.05, 4.69) is 13.5 Å². The van der Waals surface area contributed by atoms with Gasteiger partial charge in [-0.3, -0.25) is 0 Å². The third kappa shape index (κ3) is 4.62. The van der Waals surface area contributed by atoms with Gasteiger partial charge in [-0.05, 0) is 24.1 Å². The molecule has 0 N–H and O–H groups in total. The molecule has 0 heterocycles. The molecule has 0 aliphatic heterocycles. The van der Waals surface area contributed by atoms with Crippen molar-refractivity contribution in [2.75, 3.05) is 0 Å². The normalized spacial score (nSPS) is 10.8. The van der Waals surface area contributed by atoms with Gasteiger partial charge in [0.05, 0.1) is 0 Å². The highest BCUT2D eigenvalue weighted by molar-refractivity contribution is 5.81. The number of rotatable bonds is 6. The Morgan fingerprint density at radius 3 is 2.44 bits per heavy atom. The van der Waals surface area contributed by atoms with E-state index >= 15 is 0 Å². The van der Waals surface area contributed by atoms with Crippen LogP contribution in [0.4, 0.5) is 0 Å². The molecule has 3 heteroatoms. The first-order chi connectivity index (χ1) is 8.46. The molecule has 0 aromatic heterocycles. The highest BCUT2D eigenvalue weighted by Crippen LogP contribution is 2.20. The molecule has 3 nitrogen and oxygen atoms in total. The van der Waals surface area contributed by atoms with Crippen LogP contribution < -0.4 is 4.74 Å². The van der Waals surface area contributed by atoms with Gasteiger partial charge in [0.2, 0.25) is 5.79 Å². The summed E-state index contributed by atoms with van der Waals surface area (Å²) in [6, 6.07) is 7.80. The van der Waals surface area contributed by atoms with E-state index in [1.54, 1.807) is 13.8 Å². The Balaban J connectivity index is 2.65. The Morgan fingerprint density at radius 2 is 1.94 bits per heavy atom. The van der Waals surface area contributed by atoms with Gasteiger partial charge in [-0.15, -0.1) is 0 Å². The van der Waals surface area contributed by atoms with Crippen LogP contribution in [-0.4, -0.2) is 11.8 Å². The molecule has 1 aromatic rings. The minimum Gasteiger partial charge on any atom is -0.453 e. The highest BCUT2D eigenvalue weighted by Gasteiger charge is 2.23.